The summed E-state index contributed by atoms with van der Waals surface area (Å²) in [4.78, 5) is 0. The van der Waals surface area contributed by atoms with Crippen LogP contribution in [-0.4, -0.2) is 5.88 Å². The second-order valence-electron chi connectivity index (χ2n) is 2.02. The van der Waals surface area contributed by atoms with Gasteiger partial charge in [0, 0.05) is 0 Å². The summed E-state index contributed by atoms with van der Waals surface area (Å²) in [6.07, 6.45) is 0. The Kier molecular flexibility index (Phi) is 1.43. The third kappa shape index (κ3) is 0.926. The highest BCUT2D eigenvalue weighted by atomic mass is 32.2. The molecule has 1 aromatic carbocycles. The molecule has 0 amide bonds. The third-order valence-corrected chi connectivity index (χ3v) is 1.92. The molecule has 0 spiro atoms. The molecule has 0 fully saturated rings. The average Bonchev–Trinajstić information content (AvgIpc) is 2.05. The van der Waals surface area contributed by atoms with Crippen LogP contribution >= 0.6 is 12.0 Å². The fourth-order valence-corrected chi connectivity index (χ4v) is 1.43. The van der Waals surface area contributed by atoms with Crippen LogP contribution in [0.4, 0.5) is 5.69 Å². The van der Waals surface area contributed by atoms with Gasteiger partial charge in [-0.15, -0.1) is 0 Å². The van der Waals surface area contributed by atoms with E-state index < -0.39 is 0 Å². The highest BCUT2D eigenvalue weighted by molar-refractivity contribution is 7.95. The maximum absolute atomic E-state index is 5.28. The molecule has 1 N–H and O–H groups in total. The fourth-order valence-electron chi connectivity index (χ4n) is 0.886. The maximum Gasteiger partial charge on any atom is 0.160 e. The summed E-state index contributed by atoms with van der Waals surface area (Å²) < 4.78 is 5.28. The molecule has 0 aromatic heterocycles. The van der Waals surface area contributed by atoms with Crippen molar-refractivity contribution in [1.82, 2.24) is 0 Å². The molecule has 3 heteroatoms. The van der Waals surface area contributed by atoms with Crippen molar-refractivity contribution in [3.8, 4) is 5.75 Å². The third-order valence-electron chi connectivity index (χ3n) is 1.36. The normalized spacial score (nSPS) is 14.8. The van der Waals surface area contributed by atoms with Crippen LogP contribution in [0.25, 0.3) is 0 Å². The smallest absolute Gasteiger partial charge is 0.160 e. The van der Waals surface area contributed by atoms with E-state index in [1.807, 2.05) is 24.3 Å². The number of fused-ring (bicyclic) bond motifs is 1. The van der Waals surface area contributed by atoms with Gasteiger partial charge < -0.3 is 9.50 Å². The van der Waals surface area contributed by atoms with Crippen molar-refractivity contribution in [3.63, 3.8) is 0 Å². The molecule has 0 saturated carbocycles. The minimum absolute atomic E-state index is 0.830. The zero-order chi connectivity index (χ0) is 6.81. The van der Waals surface area contributed by atoms with Gasteiger partial charge in [-0.05, 0) is 12.1 Å². The molecular formula is C7H7NOS. The van der Waals surface area contributed by atoms with Crippen LogP contribution in [-0.2, 0) is 0 Å². The Balaban J connectivity index is 2.41. The molecule has 1 aliphatic rings. The van der Waals surface area contributed by atoms with Crippen LogP contribution in [0.2, 0.25) is 0 Å². The first-order valence-electron chi connectivity index (χ1n) is 3.09. The Bertz CT molecular complexity index is 214. The highest BCUT2D eigenvalue weighted by Crippen LogP contribution is 2.30. The first kappa shape index (κ1) is 5.92. The van der Waals surface area contributed by atoms with Crippen molar-refractivity contribution in [2.75, 3.05) is 11.2 Å². The second-order valence-corrected chi connectivity index (χ2v) is 2.71. The lowest BCUT2D eigenvalue weighted by molar-refractivity contribution is 0.642. The molecule has 0 saturated heterocycles. The number of rotatable bonds is 0. The number of nitrogens with one attached hydrogen (secondary N) is 1. The predicted octanol–water partition coefficient (Wildman–Crippen LogP) is 2.10. The van der Waals surface area contributed by atoms with E-state index in [-0.39, 0.29) is 0 Å². The molecule has 0 aliphatic carbocycles. The van der Waals surface area contributed by atoms with Crippen LogP contribution in [0.1, 0.15) is 0 Å². The van der Waals surface area contributed by atoms with E-state index in [4.69, 9.17) is 4.18 Å². The Morgan fingerprint density at radius 1 is 1.40 bits per heavy atom. The topological polar surface area (TPSA) is 21.3 Å². The zero-order valence-corrected chi connectivity index (χ0v) is 6.15. The molecule has 2 rings (SSSR count). The summed E-state index contributed by atoms with van der Waals surface area (Å²) in [7, 11) is 0. The van der Waals surface area contributed by atoms with Crippen molar-refractivity contribution in [2.24, 2.45) is 0 Å². The summed E-state index contributed by atoms with van der Waals surface area (Å²) in [6, 6.07) is 7.92. The molecule has 1 aliphatic heterocycles. The van der Waals surface area contributed by atoms with E-state index >= 15 is 0 Å². The van der Waals surface area contributed by atoms with Gasteiger partial charge in [0.15, 0.2) is 5.75 Å². The summed E-state index contributed by atoms with van der Waals surface area (Å²) in [6.45, 7) is 0. The SMILES string of the molecule is c1ccc2c(c1)NCSO2. The fraction of sp³-hybridized carbons (Fsp3) is 0.143. The Morgan fingerprint density at radius 3 is 3.20 bits per heavy atom. The second kappa shape index (κ2) is 2.42. The molecule has 1 heterocycles. The van der Waals surface area contributed by atoms with Crippen LogP contribution in [0.15, 0.2) is 24.3 Å². The van der Waals surface area contributed by atoms with Gasteiger partial charge in [0.2, 0.25) is 0 Å². The Morgan fingerprint density at radius 2 is 2.30 bits per heavy atom. The van der Waals surface area contributed by atoms with Gasteiger partial charge in [0.05, 0.1) is 23.6 Å². The first-order valence-corrected chi connectivity index (χ1v) is 4.00. The number of para-hydroxylation sites is 2. The van der Waals surface area contributed by atoms with Crippen molar-refractivity contribution in [2.45, 2.75) is 0 Å². The van der Waals surface area contributed by atoms with Gasteiger partial charge in [-0.25, -0.2) is 0 Å². The monoisotopic (exact) mass is 153 g/mol. The molecular weight excluding hydrogens is 146 g/mol. The quantitative estimate of drug-likeness (QED) is 0.577. The van der Waals surface area contributed by atoms with Gasteiger partial charge in [-0.1, -0.05) is 12.1 Å². The summed E-state index contributed by atoms with van der Waals surface area (Å²) >= 11 is 1.43. The molecule has 2 nitrogen and oxygen atoms in total. The van der Waals surface area contributed by atoms with Crippen LogP contribution < -0.4 is 9.50 Å². The average molecular weight is 153 g/mol. The largest absolute Gasteiger partial charge is 0.422 e. The zero-order valence-electron chi connectivity index (χ0n) is 5.33. The van der Waals surface area contributed by atoms with Crippen molar-refractivity contribution in [3.05, 3.63) is 24.3 Å². The molecule has 0 radical (unpaired) electrons. The Hall–Kier alpha value is -0.830. The summed E-state index contributed by atoms with van der Waals surface area (Å²) in [5.74, 6) is 1.76. The lowest BCUT2D eigenvalue weighted by Crippen LogP contribution is -2.05. The minimum atomic E-state index is 0.830. The van der Waals surface area contributed by atoms with E-state index in [0.717, 1.165) is 17.3 Å². The maximum atomic E-state index is 5.28. The summed E-state index contributed by atoms with van der Waals surface area (Å²) in [5, 5.41) is 3.20. The molecule has 0 unspecified atom stereocenters. The molecule has 10 heavy (non-hydrogen) atoms. The van der Waals surface area contributed by atoms with Gasteiger partial charge in [0.25, 0.3) is 0 Å². The standard InChI is InChI=1S/C7H7NOS/c1-2-4-7-6(3-1)8-5-10-9-7/h1-4,8H,5H2. The molecule has 1 aromatic rings. The van der Waals surface area contributed by atoms with Crippen molar-refractivity contribution in [1.29, 1.82) is 0 Å². The summed E-state index contributed by atoms with van der Waals surface area (Å²) in [5.41, 5.74) is 1.08. The van der Waals surface area contributed by atoms with Gasteiger partial charge in [-0.2, -0.15) is 0 Å². The van der Waals surface area contributed by atoms with Gasteiger partial charge >= 0.3 is 0 Å². The molecule has 0 bridgehead atoms. The number of hydrogen-bond donors (Lipinski definition) is 1. The molecule has 0 atom stereocenters. The number of anilines is 1. The van der Waals surface area contributed by atoms with Crippen molar-refractivity contribution >= 4 is 17.7 Å². The highest BCUT2D eigenvalue weighted by Gasteiger charge is 2.07. The van der Waals surface area contributed by atoms with Crippen LogP contribution in [0.3, 0.4) is 0 Å². The van der Waals surface area contributed by atoms with Gasteiger partial charge in [0.1, 0.15) is 0 Å². The lowest BCUT2D eigenvalue weighted by Gasteiger charge is -2.16. The van der Waals surface area contributed by atoms with E-state index in [0.29, 0.717) is 0 Å². The predicted molar refractivity (Wildman–Crippen MR) is 43.2 cm³/mol. The van der Waals surface area contributed by atoms with Crippen LogP contribution in [0, 0.1) is 0 Å². The molecule has 52 valence electrons. The first-order chi connectivity index (χ1) is 4.97. The van der Waals surface area contributed by atoms with Crippen molar-refractivity contribution < 1.29 is 4.18 Å². The van der Waals surface area contributed by atoms with Crippen LogP contribution in [0.5, 0.6) is 5.75 Å². The lowest BCUT2D eigenvalue weighted by atomic mass is 10.3. The van der Waals surface area contributed by atoms with E-state index in [2.05, 4.69) is 5.32 Å². The van der Waals surface area contributed by atoms with E-state index in [1.165, 1.54) is 12.0 Å². The van der Waals surface area contributed by atoms with E-state index in [9.17, 15) is 0 Å². The number of benzene rings is 1. The minimum Gasteiger partial charge on any atom is -0.422 e. The Labute approximate surface area is 63.8 Å². The van der Waals surface area contributed by atoms with E-state index in [1.54, 1.807) is 0 Å². The van der Waals surface area contributed by atoms with Gasteiger partial charge in [-0.3, -0.25) is 0 Å². The number of hydrogen-bond acceptors (Lipinski definition) is 3.